The van der Waals surface area contributed by atoms with Crippen LogP contribution in [0.2, 0.25) is 0 Å². The van der Waals surface area contributed by atoms with Gasteiger partial charge in [-0.15, -0.1) is 0 Å². The van der Waals surface area contributed by atoms with Crippen LogP contribution in [0.5, 0.6) is 0 Å². The van der Waals surface area contributed by atoms with Gasteiger partial charge in [0.05, 0.1) is 0 Å². The number of rotatable bonds is 13. The van der Waals surface area contributed by atoms with Crippen molar-refractivity contribution in [3.05, 3.63) is 21.8 Å². The van der Waals surface area contributed by atoms with Gasteiger partial charge in [-0.05, 0) is 38.5 Å². The summed E-state index contributed by atoms with van der Waals surface area (Å²) in [6.45, 7) is 8.59. The number of guanidine groups is 1. The Morgan fingerprint density at radius 1 is 1.29 bits per heavy atom. The molecule has 2 amide bonds. The Bertz CT molecular complexity index is 574. The van der Waals surface area contributed by atoms with E-state index in [4.69, 9.17) is 5.73 Å². The number of aliphatic imine (C=N–C) groups is 1. The lowest BCUT2D eigenvalue weighted by Crippen LogP contribution is -2.47. The van der Waals surface area contributed by atoms with E-state index in [-0.39, 0.29) is 24.3 Å². The van der Waals surface area contributed by atoms with Gasteiger partial charge in [-0.1, -0.05) is 38.7 Å². The van der Waals surface area contributed by atoms with Crippen LogP contribution in [-0.4, -0.2) is 41.9 Å². The molecule has 0 radical (unpaired) electrons. The molecule has 1 atom stereocenters. The second kappa shape index (κ2) is 14.4. The monoisotopic (exact) mass is 398 g/mol. The number of nitro groups is 1. The van der Waals surface area contributed by atoms with Crippen molar-refractivity contribution < 1.29 is 14.6 Å². The molecule has 5 N–H and O–H groups in total. The highest BCUT2D eigenvalue weighted by molar-refractivity contribution is 5.96. The molecule has 10 nitrogen and oxygen atoms in total. The van der Waals surface area contributed by atoms with Gasteiger partial charge in [-0.2, -0.15) is 0 Å². The molecule has 0 rings (SSSR count). The van der Waals surface area contributed by atoms with Gasteiger partial charge in [0, 0.05) is 18.7 Å². The molecular formula is C18H34N6O4. The van der Waals surface area contributed by atoms with Crippen molar-refractivity contribution >= 4 is 17.8 Å². The smallest absolute Gasteiger partial charge is 0.251 e. The third-order valence-electron chi connectivity index (χ3n) is 3.88. The lowest BCUT2D eigenvalue weighted by Gasteiger charge is -2.19. The maximum Gasteiger partial charge on any atom is 0.251 e. The van der Waals surface area contributed by atoms with E-state index in [1.165, 1.54) is 0 Å². The summed E-state index contributed by atoms with van der Waals surface area (Å²) in [5.41, 5.74) is 7.67. The Morgan fingerprint density at radius 3 is 2.54 bits per heavy atom. The Balaban J connectivity index is 4.81. The molecule has 10 heteroatoms. The highest BCUT2D eigenvalue weighted by atomic mass is 16.7. The number of hydrogen-bond donors (Lipinski definition) is 4. The van der Waals surface area contributed by atoms with Crippen LogP contribution >= 0.6 is 0 Å². The molecule has 0 bridgehead atoms. The second-order valence-corrected chi connectivity index (χ2v) is 6.95. The Hall–Kier alpha value is -2.65. The van der Waals surface area contributed by atoms with Crippen molar-refractivity contribution in [1.82, 2.24) is 16.1 Å². The van der Waals surface area contributed by atoms with Crippen LogP contribution in [-0.2, 0) is 9.59 Å². The van der Waals surface area contributed by atoms with Gasteiger partial charge in [0.2, 0.25) is 11.8 Å². The quantitative estimate of drug-likeness (QED) is 0.0915. The van der Waals surface area contributed by atoms with Crippen LogP contribution in [0.4, 0.5) is 0 Å². The van der Waals surface area contributed by atoms with Crippen molar-refractivity contribution in [1.29, 1.82) is 0 Å². The van der Waals surface area contributed by atoms with Crippen LogP contribution in [0.15, 0.2) is 16.6 Å². The fourth-order valence-corrected chi connectivity index (χ4v) is 2.23. The SMILES string of the molecule is CCC/C=C(\C)C(=O)N[C@@H](CCCN=C(N)N[N+](=O)[O-])C(=O)NCCC(C)C. The fraction of sp³-hybridized carbons (Fsp3) is 0.722. The summed E-state index contributed by atoms with van der Waals surface area (Å²) in [5, 5.41) is 15.1. The normalized spacial score (nSPS) is 13.2. The summed E-state index contributed by atoms with van der Waals surface area (Å²) in [7, 11) is 0. The molecule has 0 aromatic rings. The molecule has 0 aromatic carbocycles. The zero-order valence-electron chi connectivity index (χ0n) is 17.3. The number of unbranched alkanes of at least 4 members (excludes halogenated alkanes) is 1. The van der Waals surface area contributed by atoms with E-state index in [1.54, 1.807) is 12.3 Å². The van der Waals surface area contributed by atoms with Crippen molar-refractivity contribution in [3.63, 3.8) is 0 Å². The van der Waals surface area contributed by atoms with Crippen LogP contribution in [0, 0.1) is 16.0 Å². The summed E-state index contributed by atoms with van der Waals surface area (Å²) in [6.07, 6.45) is 5.19. The summed E-state index contributed by atoms with van der Waals surface area (Å²) in [5.74, 6) is -0.377. The summed E-state index contributed by atoms with van der Waals surface area (Å²) in [4.78, 5) is 38.9. The minimum atomic E-state index is -0.796. The highest BCUT2D eigenvalue weighted by Crippen LogP contribution is 2.04. The van der Waals surface area contributed by atoms with Gasteiger partial charge in [0.1, 0.15) is 6.04 Å². The van der Waals surface area contributed by atoms with Gasteiger partial charge in [0.15, 0.2) is 5.03 Å². The molecule has 0 aliphatic carbocycles. The number of hydrazine groups is 1. The van der Waals surface area contributed by atoms with Crippen molar-refractivity contribution in [2.75, 3.05) is 13.1 Å². The average molecular weight is 399 g/mol. The molecule has 0 aliphatic heterocycles. The number of hydrogen-bond acceptors (Lipinski definition) is 5. The number of carbonyl (C=O) groups is 2. The number of allylic oxidation sites excluding steroid dienone is 1. The number of nitrogens with one attached hydrogen (secondary N) is 3. The first-order valence-corrected chi connectivity index (χ1v) is 9.63. The maximum absolute atomic E-state index is 12.5. The molecule has 0 aliphatic rings. The summed E-state index contributed by atoms with van der Waals surface area (Å²) >= 11 is 0. The number of nitrogens with zero attached hydrogens (tertiary/aromatic N) is 2. The molecule has 28 heavy (non-hydrogen) atoms. The zero-order chi connectivity index (χ0) is 21.5. The zero-order valence-corrected chi connectivity index (χ0v) is 17.3. The lowest BCUT2D eigenvalue weighted by molar-refractivity contribution is -0.525. The maximum atomic E-state index is 12.5. The summed E-state index contributed by atoms with van der Waals surface area (Å²) in [6, 6.07) is -0.704. The summed E-state index contributed by atoms with van der Waals surface area (Å²) < 4.78 is 0. The lowest BCUT2D eigenvalue weighted by atomic mass is 10.1. The second-order valence-electron chi connectivity index (χ2n) is 6.95. The fourth-order valence-electron chi connectivity index (χ4n) is 2.23. The number of nitrogens with two attached hydrogens (primary N) is 1. The van der Waals surface area contributed by atoms with Crippen LogP contribution in [0.1, 0.15) is 59.8 Å². The van der Waals surface area contributed by atoms with Crippen molar-refractivity contribution in [2.24, 2.45) is 16.6 Å². The van der Waals surface area contributed by atoms with E-state index in [0.29, 0.717) is 30.9 Å². The van der Waals surface area contributed by atoms with Gasteiger partial charge in [0.25, 0.3) is 5.96 Å². The van der Waals surface area contributed by atoms with Crippen LogP contribution < -0.4 is 21.8 Å². The van der Waals surface area contributed by atoms with Crippen molar-refractivity contribution in [3.8, 4) is 0 Å². The minimum Gasteiger partial charge on any atom is -0.365 e. The van der Waals surface area contributed by atoms with E-state index < -0.39 is 11.1 Å². The van der Waals surface area contributed by atoms with Gasteiger partial charge in [-0.25, -0.2) is 15.1 Å². The third-order valence-corrected chi connectivity index (χ3v) is 3.88. The minimum absolute atomic E-state index is 0.197. The van der Waals surface area contributed by atoms with Gasteiger partial charge >= 0.3 is 0 Å². The predicted octanol–water partition coefficient (Wildman–Crippen LogP) is 1.26. The molecule has 0 unspecified atom stereocenters. The first kappa shape index (κ1) is 25.4. The molecule has 160 valence electrons. The Morgan fingerprint density at radius 2 is 1.96 bits per heavy atom. The Kier molecular flexibility index (Phi) is 13.0. The molecule has 0 saturated carbocycles. The van der Waals surface area contributed by atoms with E-state index in [0.717, 1.165) is 19.3 Å². The topological polar surface area (TPSA) is 152 Å². The molecule has 0 aromatic heterocycles. The Labute approximate surface area is 166 Å². The van der Waals surface area contributed by atoms with Crippen LogP contribution in [0.3, 0.4) is 0 Å². The first-order chi connectivity index (χ1) is 13.2. The van der Waals surface area contributed by atoms with E-state index in [2.05, 4.69) is 29.5 Å². The molecular weight excluding hydrogens is 364 g/mol. The van der Waals surface area contributed by atoms with Gasteiger partial charge < -0.3 is 16.4 Å². The largest absolute Gasteiger partial charge is 0.365 e. The molecule has 0 saturated heterocycles. The third kappa shape index (κ3) is 12.7. The van der Waals surface area contributed by atoms with Crippen molar-refractivity contribution in [2.45, 2.75) is 65.8 Å². The van der Waals surface area contributed by atoms with E-state index in [1.807, 2.05) is 13.0 Å². The molecule has 0 heterocycles. The average Bonchev–Trinajstić information content (AvgIpc) is 2.60. The van der Waals surface area contributed by atoms with E-state index in [9.17, 15) is 19.7 Å². The van der Waals surface area contributed by atoms with Crippen LogP contribution in [0.25, 0.3) is 0 Å². The van der Waals surface area contributed by atoms with Gasteiger partial charge in [-0.3, -0.25) is 9.59 Å². The molecule has 0 spiro atoms. The number of carbonyl (C=O) groups excluding carboxylic acids is 2. The standard InChI is InChI=1S/C18H34N6O4/c1-5-6-8-14(4)16(25)22-15(17(26)20-12-10-13(2)3)9-7-11-21-18(19)23-24(27)28/h8,13,15H,5-7,9-12H2,1-4H3,(H,20,26)(H,22,25)(H3,19,21,23)/b14-8+/t15-/m0/s1. The number of amides is 2. The predicted molar refractivity (Wildman–Crippen MR) is 109 cm³/mol. The van der Waals surface area contributed by atoms with E-state index >= 15 is 0 Å². The highest BCUT2D eigenvalue weighted by Gasteiger charge is 2.20. The first-order valence-electron chi connectivity index (χ1n) is 9.63. The molecule has 0 fully saturated rings.